The number of nitrogens with zero attached hydrogens (tertiary/aromatic N) is 1. The summed E-state index contributed by atoms with van der Waals surface area (Å²) in [6, 6.07) is 34.4. The van der Waals surface area contributed by atoms with E-state index < -0.39 is 0 Å². The van der Waals surface area contributed by atoms with E-state index >= 15 is 0 Å². The largest absolute Gasteiger partial charge is 0.358 e. The van der Waals surface area contributed by atoms with Crippen LogP contribution in [0.4, 0.5) is 5.69 Å². The Morgan fingerprint density at radius 3 is 2.19 bits per heavy atom. The van der Waals surface area contributed by atoms with Crippen LogP contribution in [0.1, 0.15) is 31.5 Å². The number of anilines is 1. The molecule has 2 heteroatoms. The molecule has 0 unspecified atom stereocenters. The molecule has 1 heterocycles. The van der Waals surface area contributed by atoms with E-state index in [9.17, 15) is 0 Å². The number of aromatic nitrogens is 1. The Balaban J connectivity index is 0.00000105. The van der Waals surface area contributed by atoms with Crippen LogP contribution >= 0.6 is 0 Å². The molecule has 0 bridgehead atoms. The van der Waals surface area contributed by atoms with Gasteiger partial charge in [0.1, 0.15) is 0 Å². The number of para-hydroxylation sites is 2. The van der Waals surface area contributed by atoms with Crippen LogP contribution in [0.2, 0.25) is 0 Å². The molecule has 6 rings (SSSR count). The highest BCUT2D eigenvalue weighted by molar-refractivity contribution is 5.95. The average Bonchev–Trinajstić information content (AvgIpc) is 3.20. The average molecular weight is 417 g/mol. The van der Waals surface area contributed by atoms with E-state index in [1.165, 1.54) is 50.0 Å². The van der Waals surface area contributed by atoms with Gasteiger partial charge >= 0.3 is 0 Å². The van der Waals surface area contributed by atoms with Crippen molar-refractivity contribution in [1.82, 2.24) is 4.57 Å². The van der Waals surface area contributed by atoms with E-state index in [1.807, 2.05) is 13.8 Å². The van der Waals surface area contributed by atoms with Crippen molar-refractivity contribution < 1.29 is 0 Å². The second-order valence-electron chi connectivity index (χ2n) is 7.87. The Kier molecular flexibility index (Phi) is 5.51. The molecule has 0 fully saturated rings. The van der Waals surface area contributed by atoms with Crippen LogP contribution in [0.15, 0.2) is 103 Å². The molecule has 158 valence electrons. The zero-order chi connectivity index (χ0) is 21.9. The Hall–Kier alpha value is -3.78. The minimum Gasteiger partial charge on any atom is -0.358 e. The first kappa shape index (κ1) is 20.1. The first-order valence-electron chi connectivity index (χ1n) is 11.5. The molecule has 4 aromatic carbocycles. The van der Waals surface area contributed by atoms with Crippen LogP contribution in [0, 0.1) is 0 Å². The summed E-state index contributed by atoms with van der Waals surface area (Å²) in [7, 11) is 0. The van der Waals surface area contributed by atoms with Gasteiger partial charge in [-0.15, -0.1) is 0 Å². The Morgan fingerprint density at radius 2 is 1.34 bits per heavy atom. The number of fused-ring (bicyclic) bond motifs is 4. The lowest BCUT2D eigenvalue weighted by Crippen LogP contribution is -2.08. The SMILES string of the molecule is C1=C(Nc2cccc3ccccc23)CCc2c1n(-c1ccccc1)c1ccccc21.CC. The Morgan fingerprint density at radius 1 is 0.656 bits per heavy atom. The van der Waals surface area contributed by atoms with Crippen LogP contribution in [0.25, 0.3) is 33.4 Å². The summed E-state index contributed by atoms with van der Waals surface area (Å²) in [4.78, 5) is 0. The molecule has 2 nitrogen and oxygen atoms in total. The van der Waals surface area contributed by atoms with Gasteiger partial charge in [0.25, 0.3) is 0 Å². The molecule has 32 heavy (non-hydrogen) atoms. The maximum atomic E-state index is 3.74. The summed E-state index contributed by atoms with van der Waals surface area (Å²) in [6.07, 6.45) is 4.39. The van der Waals surface area contributed by atoms with Crippen molar-refractivity contribution in [3.8, 4) is 5.69 Å². The number of hydrogen-bond donors (Lipinski definition) is 1. The number of allylic oxidation sites excluding steroid dienone is 1. The van der Waals surface area contributed by atoms with Crippen molar-refractivity contribution in [3.05, 3.63) is 114 Å². The highest BCUT2D eigenvalue weighted by Crippen LogP contribution is 2.36. The second-order valence-corrected chi connectivity index (χ2v) is 7.87. The molecule has 0 amide bonds. The van der Waals surface area contributed by atoms with Crippen molar-refractivity contribution in [2.75, 3.05) is 5.32 Å². The van der Waals surface area contributed by atoms with Gasteiger partial charge in [-0.2, -0.15) is 0 Å². The fourth-order valence-electron chi connectivity index (χ4n) is 4.70. The molecule has 0 atom stereocenters. The number of nitrogens with one attached hydrogen (secondary N) is 1. The van der Waals surface area contributed by atoms with E-state index in [0.717, 1.165) is 12.8 Å². The van der Waals surface area contributed by atoms with Gasteiger partial charge in [0.2, 0.25) is 0 Å². The molecule has 0 saturated carbocycles. The molecule has 1 aliphatic rings. The molecular formula is C30H28N2. The molecule has 5 aromatic rings. The molecule has 0 saturated heterocycles. The topological polar surface area (TPSA) is 17.0 Å². The third kappa shape index (κ3) is 3.48. The quantitative estimate of drug-likeness (QED) is 0.313. The van der Waals surface area contributed by atoms with Crippen LogP contribution in [-0.2, 0) is 6.42 Å². The summed E-state index contributed by atoms with van der Waals surface area (Å²) in [6.45, 7) is 4.00. The van der Waals surface area contributed by atoms with Crippen LogP contribution in [-0.4, -0.2) is 4.57 Å². The molecule has 1 aromatic heterocycles. The van der Waals surface area contributed by atoms with Crippen molar-refractivity contribution in [2.24, 2.45) is 0 Å². The Labute approximate surface area is 189 Å². The van der Waals surface area contributed by atoms with Gasteiger partial charge < -0.3 is 9.88 Å². The lowest BCUT2D eigenvalue weighted by atomic mass is 9.98. The van der Waals surface area contributed by atoms with Gasteiger partial charge in [0, 0.05) is 27.8 Å². The normalized spacial score (nSPS) is 12.6. The maximum Gasteiger partial charge on any atom is 0.0537 e. The van der Waals surface area contributed by atoms with Gasteiger partial charge in [0.05, 0.1) is 11.2 Å². The monoisotopic (exact) mass is 416 g/mol. The van der Waals surface area contributed by atoms with E-state index in [-0.39, 0.29) is 0 Å². The lowest BCUT2D eigenvalue weighted by molar-refractivity contribution is 0.921. The molecular weight excluding hydrogens is 388 g/mol. The summed E-state index contributed by atoms with van der Waals surface area (Å²) < 4.78 is 2.40. The van der Waals surface area contributed by atoms with Gasteiger partial charge in [-0.3, -0.25) is 0 Å². The Bertz CT molecular complexity index is 1400. The van der Waals surface area contributed by atoms with Crippen LogP contribution in [0.3, 0.4) is 0 Å². The first-order chi connectivity index (χ1) is 15.9. The number of rotatable bonds is 3. The van der Waals surface area contributed by atoms with Crippen molar-refractivity contribution in [1.29, 1.82) is 0 Å². The number of hydrogen-bond acceptors (Lipinski definition) is 1. The highest BCUT2D eigenvalue weighted by Gasteiger charge is 2.21. The van der Waals surface area contributed by atoms with Crippen molar-refractivity contribution in [3.63, 3.8) is 0 Å². The third-order valence-corrected chi connectivity index (χ3v) is 6.07. The fraction of sp³-hybridized carbons (Fsp3) is 0.133. The predicted octanol–water partition coefficient (Wildman–Crippen LogP) is 8.21. The highest BCUT2D eigenvalue weighted by atomic mass is 15.0. The van der Waals surface area contributed by atoms with E-state index in [2.05, 4.69) is 113 Å². The molecule has 0 aliphatic heterocycles. The standard InChI is InChI=1S/C28H22N2.C2H6/c1-2-11-22(12-3-1)30-27-16-7-6-14-24(27)25-18-17-21(19-28(25)30)29-26-15-8-10-20-9-4-5-13-23(20)26;1-2/h1-16,19,29H,17-18H2;1-2H3. The van der Waals surface area contributed by atoms with Gasteiger partial charge in [-0.1, -0.05) is 86.6 Å². The maximum absolute atomic E-state index is 3.74. The van der Waals surface area contributed by atoms with E-state index in [0.29, 0.717) is 0 Å². The van der Waals surface area contributed by atoms with Gasteiger partial charge in [0.15, 0.2) is 0 Å². The summed E-state index contributed by atoms with van der Waals surface area (Å²) in [5, 5.41) is 7.62. The van der Waals surface area contributed by atoms with Gasteiger partial charge in [-0.25, -0.2) is 0 Å². The lowest BCUT2D eigenvalue weighted by Gasteiger charge is -2.19. The number of aryl methyl sites for hydroxylation is 1. The van der Waals surface area contributed by atoms with Crippen LogP contribution in [0.5, 0.6) is 0 Å². The summed E-state index contributed by atoms with van der Waals surface area (Å²) in [5.41, 5.74) is 7.65. The number of benzene rings is 4. The zero-order valence-electron chi connectivity index (χ0n) is 18.7. The van der Waals surface area contributed by atoms with E-state index in [4.69, 9.17) is 0 Å². The zero-order valence-corrected chi connectivity index (χ0v) is 18.7. The third-order valence-electron chi connectivity index (χ3n) is 6.07. The summed E-state index contributed by atoms with van der Waals surface area (Å²) >= 11 is 0. The van der Waals surface area contributed by atoms with Crippen molar-refractivity contribution >= 4 is 33.4 Å². The fourth-order valence-corrected chi connectivity index (χ4v) is 4.70. The smallest absolute Gasteiger partial charge is 0.0537 e. The second kappa shape index (κ2) is 8.76. The molecule has 0 spiro atoms. The molecule has 0 radical (unpaired) electrons. The van der Waals surface area contributed by atoms with Gasteiger partial charge in [-0.05, 0) is 54.1 Å². The predicted molar refractivity (Wildman–Crippen MR) is 138 cm³/mol. The van der Waals surface area contributed by atoms with E-state index in [1.54, 1.807) is 0 Å². The van der Waals surface area contributed by atoms with Crippen LogP contribution < -0.4 is 5.32 Å². The van der Waals surface area contributed by atoms with Crippen molar-refractivity contribution in [2.45, 2.75) is 26.7 Å². The molecule has 1 N–H and O–H groups in total. The minimum atomic E-state index is 1.01. The molecule has 1 aliphatic carbocycles. The minimum absolute atomic E-state index is 1.01. The first-order valence-corrected chi connectivity index (χ1v) is 11.5. The summed E-state index contributed by atoms with van der Waals surface area (Å²) in [5.74, 6) is 0.